The molecule has 0 saturated carbocycles. The van der Waals surface area contributed by atoms with Crippen LogP contribution in [0.3, 0.4) is 0 Å². The van der Waals surface area contributed by atoms with E-state index in [0.717, 1.165) is 35.2 Å². The van der Waals surface area contributed by atoms with Gasteiger partial charge in [-0.05, 0) is 29.2 Å². The van der Waals surface area contributed by atoms with Crippen LogP contribution in [0.4, 0.5) is 13.2 Å². The van der Waals surface area contributed by atoms with Gasteiger partial charge in [-0.3, -0.25) is 14.5 Å². The lowest BCUT2D eigenvalue weighted by Gasteiger charge is -2.43. The number of hydrogen-bond acceptors (Lipinski definition) is 6. The van der Waals surface area contributed by atoms with Crippen molar-refractivity contribution in [3.8, 4) is 0 Å². The topological polar surface area (TPSA) is 74.7 Å². The number of halogens is 3. The molecule has 156 valence electrons. The zero-order valence-corrected chi connectivity index (χ0v) is 17.4. The number of fused-ring (bicyclic) bond motifs is 2. The van der Waals surface area contributed by atoms with Gasteiger partial charge >= 0.3 is 12.1 Å². The Kier molecular flexibility index (Phi) is 5.45. The molecule has 4 rings (SSSR count). The van der Waals surface area contributed by atoms with E-state index in [1.165, 1.54) is 28.8 Å². The minimum Gasteiger partial charge on any atom is -0.477 e. The highest BCUT2D eigenvalue weighted by Gasteiger charge is 2.44. The highest BCUT2D eigenvalue weighted by molar-refractivity contribution is 8.04. The van der Waals surface area contributed by atoms with Crippen molar-refractivity contribution in [3.63, 3.8) is 0 Å². The van der Waals surface area contributed by atoms with Crippen molar-refractivity contribution in [3.05, 3.63) is 62.8 Å². The van der Waals surface area contributed by atoms with Crippen LogP contribution in [0.25, 0.3) is 10.1 Å². The Balaban J connectivity index is 1.63. The summed E-state index contributed by atoms with van der Waals surface area (Å²) in [7, 11) is 0. The highest BCUT2D eigenvalue weighted by atomic mass is 32.2. The van der Waals surface area contributed by atoms with E-state index in [2.05, 4.69) is 0 Å². The average molecular weight is 472 g/mol. The third-order valence-corrected chi connectivity index (χ3v) is 7.86. The van der Waals surface area contributed by atoms with Crippen molar-refractivity contribution in [1.29, 1.82) is 0 Å². The number of carboxylic acid groups (broad SMARTS) is 1. The molecular formula is C19H12F3NO4S3. The van der Waals surface area contributed by atoms with Crippen molar-refractivity contribution in [1.82, 2.24) is 4.90 Å². The number of alkyl halides is 3. The molecule has 0 spiro atoms. The summed E-state index contributed by atoms with van der Waals surface area (Å²) in [5.74, 6) is -1.000. The maximum atomic E-state index is 13.2. The Bertz CT molecular complexity index is 1190. The number of β-lactam (4-membered cyclic amide) rings is 1. The zero-order chi connectivity index (χ0) is 21.6. The third kappa shape index (κ3) is 3.77. The average Bonchev–Trinajstić information content (AvgIpc) is 2.66. The van der Waals surface area contributed by atoms with Crippen molar-refractivity contribution in [2.45, 2.75) is 22.2 Å². The van der Waals surface area contributed by atoms with E-state index in [1.807, 2.05) is 0 Å². The van der Waals surface area contributed by atoms with Gasteiger partial charge in [0.05, 0.1) is 27.0 Å². The first-order valence-corrected chi connectivity index (χ1v) is 11.3. The van der Waals surface area contributed by atoms with Gasteiger partial charge in [-0.15, -0.1) is 23.1 Å². The fraction of sp³-hybridized carbons (Fsp3) is 0.211. The largest absolute Gasteiger partial charge is 0.477 e. The number of rotatable bonds is 4. The summed E-state index contributed by atoms with van der Waals surface area (Å²) < 4.78 is 40.2. The molecule has 11 heteroatoms. The van der Waals surface area contributed by atoms with E-state index < -0.39 is 23.1 Å². The number of hydrogen-bond donors (Lipinski definition) is 1. The van der Waals surface area contributed by atoms with Crippen molar-refractivity contribution in [2.75, 3.05) is 5.75 Å². The van der Waals surface area contributed by atoms with Gasteiger partial charge in [0, 0.05) is 16.5 Å². The number of carboxylic acids is 1. The van der Waals surface area contributed by atoms with Gasteiger partial charge in [-0.2, -0.15) is 13.2 Å². The third-order valence-electron chi connectivity index (χ3n) is 4.58. The quantitative estimate of drug-likeness (QED) is 0.522. The van der Waals surface area contributed by atoms with E-state index in [1.54, 1.807) is 11.5 Å². The van der Waals surface area contributed by atoms with Crippen LogP contribution in [0.15, 0.2) is 56.0 Å². The summed E-state index contributed by atoms with van der Waals surface area (Å²) in [6.45, 7) is 0. The fourth-order valence-electron chi connectivity index (χ4n) is 3.23. The molecule has 1 amide bonds. The van der Waals surface area contributed by atoms with Gasteiger partial charge in [-0.25, -0.2) is 4.79 Å². The Hall–Kier alpha value is -2.24. The van der Waals surface area contributed by atoms with Gasteiger partial charge in [0.2, 0.25) is 5.91 Å². The van der Waals surface area contributed by atoms with Gasteiger partial charge in [-0.1, -0.05) is 17.8 Å². The highest BCUT2D eigenvalue weighted by Crippen LogP contribution is 2.41. The molecule has 1 N–H and O–H groups in total. The Morgan fingerprint density at radius 3 is 2.73 bits per heavy atom. The van der Waals surface area contributed by atoms with E-state index >= 15 is 0 Å². The lowest BCUT2D eigenvalue weighted by molar-refractivity contribution is -0.146. The number of aliphatic carboxylic acids is 1. The summed E-state index contributed by atoms with van der Waals surface area (Å²) in [5, 5.41) is 10.5. The van der Waals surface area contributed by atoms with Gasteiger partial charge in [0.1, 0.15) is 5.70 Å². The molecule has 0 radical (unpaired) electrons. The zero-order valence-electron chi connectivity index (χ0n) is 14.9. The van der Waals surface area contributed by atoms with Crippen LogP contribution in [-0.2, 0) is 15.8 Å². The van der Waals surface area contributed by atoms with E-state index in [4.69, 9.17) is 0 Å². The normalized spacial score (nSPS) is 19.4. The van der Waals surface area contributed by atoms with Crippen LogP contribution in [0.1, 0.15) is 12.0 Å². The van der Waals surface area contributed by atoms with Crippen LogP contribution >= 0.6 is 34.9 Å². The lowest BCUT2D eigenvalue weighted by atomic mass is 10.1. The minimum atomic E-state index is -4.62. The molecule has 1 atom stereocenters. The SMILES string of the molecule is O=C(O)C1=C(C=CSc2cc(=O)c3c(C(F)(F)F)cccc3s2)CS[C@@H]2CC(=O)N12. The maximum Gasteiger partial charge on any atom is 0.417 e. The smallest absolute Gasteiger partial charge is 0.417 e. The summed E-state index contributed by atoms with van der Waals surface area (Å²) in [6.07, 6.45) is -2.74. The molecule has 3 heterocycles. The number of allylic oxidation sites excluding steroid dienone is 1. The first-order valence-electron chi connectivity index (χ1n) is 8.54. The standard InChI is InChI=1S/C19H12F3NO4S3/c20-19(21,22)10-2-1-3-12-16(10)11(24)6-15(30-12)28-5-4-9-8-29-14-7-13(25)23(14)17(9)18(26)27/h1-6,14H,7-8H2,(H,26,27)/t14-/m1/s1. The van der Waals surface area contributed by atoms with Crippen molar-refractivity contribution < 1.29 is 27.9 Å². The molecule has 2 aliphatic heterocycles. The second kappa shape index (κ2) is 7.78. The summed E-state index contributed by atoms with van der Waals surface area (Å²) in [6, 6.07) is 4.75. The predicted molar refractivity (Wildman–Crippen MR) is 110 cm³/mol. The first kappa shape index (κ1) is 21.0. The van der Waals surface area contributed by atoms with E-state index in [0.29, 0.717) is 22.0 Å². The molecule has 1 aromatic carbocycles. The predicted octanol–water partition coefficient (Wildman–Crippen LogP) is 4.53. The second-order valence-corrected chi connectivity index (χ2v) is 9.90. The van der Waals surface area contributed by atoms with Crippen LogP contribution in [0.2, 0.25) is 0 Å². The number of nitrogens with zero attached hydrogens (tertiary/aromatic N) is 1. The van der Waals surface area contributed by atoms with Crippen LogP contribution < -0.4 is 5.43 Å². The molecule has 2 aliphatic rings. The number of benzene rings is 1. The lowest BCUT2D eigenvalue weighted by Crippen LogP contribution is -2.53. The van der Waals surface area contributed by atoms with E-state index in [9.17, 15) is 32.7 Å². The molecule has 1 aromatic heterocycles. The van der Waals surface area contributed by atoms with Gasteiger partial charge < -0.3 is 5.11 Å². The Labute approximate surface area is 180 Å². The number of thioether (sulfide) groups is 2. The van der Waals surface area contributed by atoms with Crippen molar-refractivity contribution >= 4 is 56.8 Å². The maximum absolute atomic E-state index is 13.2. The molecule has 0 bridgehead atoms. The van der Waals surface area contributed by atoms with Crippen LogP contribution in [-0.4, -0.2) is 33.0 Å². The number of carbonyl (C=O) groups excluding carboxylic acids is 1. The van der Waals surface area contributed by atoms with Gasteiger partial charge in [0.15, 0.2) is 5.43 Å². The Morgan fingerprint density at radius 1 is 1.30 bits per heavy atom. The van der Waals surface area contributed by atoms with Crippen LogP contribution in [0.5, 0.6) is 0 Å². The van der Waals surface area contributed by atoms with Crippen molar-refractivity contribution in [2.24, 2.45) is 0 Å². The summed E-state index contributed by atoms with van der Waals surface area (Å²) in [4.78, 5) is 37.0. The van der Waals surface area contributed by atoms with E-state index in [-0.39, 0.29) is 27.1 Å². The Morgan fingerprint density at radius 2 is 2.07 bits per heavy atom. The van der Waals surface area contributed by atoms with Gasteiger partial charge in [0.25, 0.3) is 0 Å². The molecule has 2 aromatic rings. The molecular weight excluding hydrogens is 459 g/mol. The second-order valence-electron chi connectivity index (χ2n) is 6.44. The molecule has 5 nitrogen and oxygen atoms in total. The number of amides is 1. The monoisotopic (exact) mass is 471 g/mol. The molecule has 30 heavy (non-hydrogen) atoms. The molecule has 0 aliphatic carbocycles. The first-order chi connectivity index (χ1) is 14.2. The molecule has 1 saturated heterocycles. The fourth-order valence-corrected chi connectivity index (χ4v) is 6.48. The molecule has 0 unspecified atom stereocenters. The van der Waals surface area contributed by atoms with Crippen LogP contribution in [0, 0.1) is 0 Å². The minimum absolute atomic E-state index is 0.0478. The summed E-state index contributed by atoms with van der Waals surface area (Å²) >= 11 is 3.62. The summed E-state index contributed by atoms with van der Waals surface area (Å²) in [5.41, 5.74) is -1.26. The number of carbonyl (C=O) groups is 2. The molecule has 1 fully saturated rings.